The molecule has 1 fully saturated rings. The molecule has 1 aliphatic heterocycles. The van der Waals surface area contributed by atoms with E-state index in [-0.39, 0.29) is 29.7 Å². The van der Waals surface area contributed by atoms with Crippen LogP contribution in [0.25, 0.3) is 11.0 Å². The van der Waals surface area contributed by atoms with Crippen LogP contribution in [0.4, 0.5) is 0 Å². The summed E-state index contributed by atoms with van der Waals surface area (Å²) < 4.78 is 38.0. The zero-order chi connectivity index (χ0) is 20.6. The highest BCUT2D eigenvalue weighted by Crippen LogP contribution is 2.30. The first-order valence-corrected chi connectivity index (χ1v) is 10.8. The molecule has 2 aromatic carbocycles. The van der Waals surface area contributed by atoms with E-state index in [2.05, 4.69) is 0 Å². The molecule has 0 aliphatic carbocycles. The van der Waals surface area contributed by atoms with Crippen LogP contribution in [-0.2, 0) is 10.0 Å². The highest BCUT2D eigenvalue weighted by Gasteiger charge is 2.32. The Kier molecular flexibility index (Phi) is 5.06. The van der Waals surface area contributed by atoms with E-state index in [0.29, 0.717) is 24.4 Å². The van der Waals surface area contributed by atoms with E-state index in [9.17, 15) is 13.2 Å². The molecular formula is C21H22N2O5S. The Balaban J connectivity index is 1.51. The fourth-order valence-corrected chi connectivity index (χ4v) is 4.99. The van der Waals surface area contributed by atoms with Gasteiger partial charge in [0.05, 0.1) is 12.0 Å². The molecule has 3 aromatic rings. The van der Waals surface area contributed by atoms with Gasteiger partial charge in [-0.05, 0) is 37.3 Å². The van der Waals surface area contributed by atoms with Gasteiger partial charge in [-0.2, -0.15) is 4.31 Å². The average Bonchev–Trinajstić information content (AvgIpc) is 3.09. The first-order chi connectivity index (χ1) is 13.9. The van der Waals surface area contributed by atoms with E-state index in [1.807, 2.05) is 13.0 Å². The number of sulfonamides is 1. The number of piperazine rings is 1. The van der Waals surface area contributed by atoms with Crippen molar-refractivity contribution in [1.82, 2.24) is 9.21 Å². The van der Waals surface area contributed by atoms with Crippen LogP contribution in [0.3, 0.4) is 0 Å². The molecule has 0 bridgehead atoms. The number of hydrogen-bond acceptors (Lipinski definition) is 5. The van der Waals surface area contributed by atoms with Gasteiger partial charge in [0.25, 0.3) is 5.91 Å². The molecule has 4 rings (SSSR count). The molecule has 1 amide bonds. The van der Waals surface area contributed by atoms with Crippen molar-refractivity contribution in [2.24, 2.45) is 0 Å². The van der Waals surface area contributed by atoms with Crippen LogP contribution in [0, 0.1) is 6.92 Å². The predicted molar refractivity (Wildman–Crippen MR) is 109 cm³/mol. The lowest BCUT2D eigenvalue weighted by atomic mass is 10.1. The Bertz CT molecular complexity index is 1150. The van der Waals surface area contributed by atoms with Crippen molar-refractivity contribution in [2.45, 2.75) is 11.8 Å². The van der Waals surface area contributed by atoms with Gasteiger partial charge >= 0.3 is 0 Å². The number of hydrogen-bond donors (Lipinski definition) is 0. The quantitative estimate of drug-likeness (QED) is 0.656. The minimum atomic E-state index is -3.55. The molecule has 8 heteroatoms. The van der Waals surface area contributed by atoms with Gasteiger partial charge in [-0.3, -0.25) is 4.79 Å². The third-order valence-electron chi connectivity index (χ3n) is 5.24. The van der Waals surface area contributed by atoms with E-state index in [1.165, 1.54) is 4.31 Å². The van der Waals surface area contributed by atoms with Crippen LogP contribution in [0.15, 0.2) is 57.8 Å². The molecule has 0 saturated carbocycles. The lowest BCUT2D eigenvalue weighted by Crippen LogP contribution is -2.50. The molecule has 152 valence electrons. The molecule has 2 heterocycles. The van der Waals surface area contributed by atoms with Crippen molar-refractivity contribution in [3.05, 3.63) is 59.9 Å². The largest absolute Gasteiger partial charge is 0.497 e. The molecule has 1 aromatic heterocycles. The van der Waals surface area contributed by atoms with E-state index >= 15 is 0 Å². The molecule has 0 spiro atoms. The Morgan fingerprint density at radius 3 is 2.38 bits per heavy atom. The second kappa shape index (κ2) is 7.53. The van der Waals surface area contributed by atoms with Crippen LogP contribution in [-0.4, -0.2) is 56.8 Å². The molecule has 0 radical (unpaired) electrons. The summed E-state index contributed by atoms with van der Waals surface area (Å²) in [5, 5.41) is 0.831. The molecule has 0 atom stereocenters. The van der Waals surface area contributed by atoms with Crippen LogP contribution in [0.5, 0.6) is 5.75 Å². The number of carbonyl (C=O) groups is 1. The van der Waals surface area contributed by atoms with Crippen LogP contribution in [0.2, 0.25) is 0 Å². The standard InChI is InChI=1S/C21H22N2O5S/c1-15-18-14-16(27-2)8-9-19(18)28-20(15)21(24)22-10-12-23(13-11-22)29(25,26)17-6-4-3-5-7-17/h3-9,14H,10-13H2,1-2H3. The van der Waals surface area contributed by atoms with Crippen LogP contribution in [0.1, 0.15) is 16.1 Å². The summed E-state index contributed by atoms with van der Waals surface area (Å²) in [6.07, 6.45) is 0. The third kappa shape index (κ3) is 3.49. The second-order valence-corrected chi connectivity index (χ2v) is 8.87. The Hall–Kier alpha value is -2.84. The number of furan rings is 1. The first kappa shape index (κ1) is 19.5. The van der Waals surface area contributed by atoms with Gasteiger partial charge in [0.15, 0.2) is 5.76 Å². The zero-order valence-electron chi connectivity index (χ0n) is 16.3. The van der Waals surface area contributed by atoms with Gasteiger partial charge in [-0.1, -0.05) is 18.2 Å². The maximum absolute atomic E-state index is 13.0. The lowest BCUT2D eigenvalue weighted by molar-refractivity contribution is 0.0667. The van der Waals surface area contributed by atoms with Gasteiger partial charge in [-0.25, -0.2) is 8.42 Å². The predicted octanol–water partition coefficient (Wildman–Crippen LogP) is 2.90. The average molecular weight is 414 g/mol. The summed E-state index contributed by atoms with van der Waals surface area (Å²) in [4.78, 5) is 14.9. The topological polar surface area (TPSA) is 80.1 Å². The lowest BCUT2D eigenvalue weighted by Gasteiger charge is -2.33. The van der Waals surface area contributed by atoms with Gasteiger partial charge in [-0.15, -0.1) is 0 Å². The third-order valence-corrected chi connectivity index (χ3v) is 7.16. The van der Waals surface area contributed by atoms with Gasteiger partial charge < -0.3 is 14.1 Å². The van der Waals surface area contributed by atoms with Crippen molar-refractivity contribution in [3.8, 4) is 5.75 Å². The monoisotopic (exact) mass is 414 g/mol. The molecule has 7 nitrogen and oxygen atoms in total. The number of nitrogens with zero attached hydrogens (tertiary/aromatic N) is 2. The maximum atomic E-state index is 13.0. The number of ether oxygens (including phenoxy) is 1. The minimum absolute atomic E-state index is 0.227. The number of fused-ring (bicyclic) bond motifs is 1. The summed E-state index contributed by atoms with van der Waals surface area (Å²) >= 11 is 0. The minimum Gasteiger partial charge on any atom is -0.497 e. The molecular weight excluding hydrogens is 392 g/mol. The molecule has 0 N–H and O–H groups in total. The number of amides is 1. The van der Waals surface area contributed by atoms with E-state index in [1.54, 1.807) is 54.5 Å². The highest BCUT2D eigenvalue weighted by molar-refractivity contribution is 7.89. The highest BCUT2D eigenvalue weighted by atomic mass is 32.2. The number of aryl methyl sites for hydroxylation is 1. The molecule has 1 saturated heterocycles. The van der Waals surface area contributed by atoms with E-state index in [0.717, 1.165) is 10.9 Å². The van der Waals surface area contributed by atoms with Gasteiger partial charge in [0.2, 0.25) is 10.0 Å². The molecule has 1 aliphatic rings. The first-order valence-electron chi connectivity index (χ1n) is 9.33. The van der Waals surface area contributed by atoms with Crippen molar-refractivity contribution in [3.63, 3.8) is 0 Å². The number of carbonyl (C=O) groups excluding carboxylic acids is 1. The van der Waals surface area contributed by atoms with Crippen molar-refractivity contribution in [2.75, 3.05) is 33.3 Å². The normalized spacial score (nSPS) is 15.6. The van der Waals surface area contributed by atoms with Crippen LogP contribution < -0.4 is 4.74 Å². The van der Waals surface area contributed by atoms with Crippen molar-refractivity contribution >= 4 is 26.9 Å². The second-order valence-electron chi connectivity index (χ2n) is 6.93. The van der Waals surface area contributed by atoms with Crippen LogP contribution >= 0.6 is 0 Å². The summed E-state index contributed by atoms with van der Waals surface area (Å²) in [7, 11) is -1.97. The smallest absolute Gasteiger partial charge is 0.289 e. The molecule has 29 heavy (non-hydrogen) atoms. The summed E-state index contributed by atoms with van der Waals surface area (Å²) in [6.45, 7) is 2.95. The summed E-state index contributed by atoms with van der Waals surface area (Å²) in [5.41, 5.74) is 1.38. The Morgan fingerprint density at radius 1 is 1.03 bits per heavy atom. The number of methoxy groups -OCH3 is 1. The SMILES string of the molecule is COc1ccc2oc(C(=O)N3CCN(S(=O)(=O)c4ccccc4)CC3)c(C)c2c1. The van der Waals surface area contributed by atoms with Gasteiger partial charge in [0.1, 0.15) is 11.3 Å². The van der Waals surface area contributed by atoms with Crippen molar-refractivity contribution in [1.29, 1.82) is 0 Å². The summed E-state index contributed by atoms with van der Waals surface area (Å²) in [5.74, 6) is 0.752. The zero-order valence-corrected chi connectivity index (χ0v) is 17.1. The fourth-order valence-electron chi connectivity index (χ4n) is 3.55. The number of rotatable bonds is 4. The fraction of sp³-hybridized carbons (Fsp3) is 0.286. The van der Waals surface area contributed by atoms with Gasteiger partial charge in [0, 0.05) is 37.1 Å². The van der Waals surface area contributed by atoms with E-state index < -0.39 is 10.0 Å². The van der Waals surface area contributed by atoms with Crippen molar-refractivity contribution < 1.29 is 22.4 Å². The Morgan fingerprint density at radius 2 is 1.72 bits per heavy atom. The van der Waals surface area contributed by atoms with E-state index in [4.69, 9.17) is 9.15 Å². The number of benzene rings is 2. The summed E-state index contributed by atoms with van der Waals surface area (Å²) in [6, 6.07) is 13.8. The Labute approximate surface area is 169 Å². The maximum Gasteiger partial charge on any atom is 0.289 e. The molecule has 0 unspecified atom stereocenters.